The molecule has 3 aliphatic rings. The number of nitrogens with zero attached hydrogens (tertiary/aromatic N) is 1. The quantitative estimate of drug-likeness (QED) is 0.838. The fraction of sp³-hybridized carbons (Fsp3) is 0.941. The van der Waals surface area contributed by atoms with E-state index in [2.05, 4.69) is 31.0 Å². The highest BCUT2D eigenvalue weighted by Gasteiger charge is 2.48. The van der Waals surface area contributed by atoms with Crippen molar-refractivity contribution >= 4 is 5.91 Å². The second kappa shape index (κ2) is 5.67. The highest BCUT2D eigenvalue weighted by atomic mass is 16.2. The Labute approximate surface area is 123 Å². The number of nitrogens with one attached hydrogen (secondary N) is 1. The van der Waals surface area contributed by atoms with Crippen molar-refractivity contribution in [2.45, 2.75) is 84.0 Å². The summed E-state index contributed by atoms with van der Waals surface area (Å²) in [5, 5.41) is 3.57. The summed E-state index contributed by atoms with van der Waals surface area (Å²) in [6.07, 6.45) is 9.00. The fourth-order valence-electron chi connectivity index (χ4n) is 5.10. The van der Waals surface area contributed by atoms with E-state index < -0.39 is 0 Å². The van der Waals surface area contributed by atoms with Gasteiger partial charge in [0.1, 0.15) is 0 Å². The van der Waals surface area contributed by atoms with Crippen LogP contribution in [0.3, 0.4) is 0 Å². The standard InChI is InChI=1S/C17H30N2O/c1-4-6-15-17(20)19(16(5-2)18-15)11(3)14-10-12-7-8-13(14)9-12/h11-16,18H,4-10H2,1-3H3. The summed E-state index contributed by atoms with van der Waals surface area (Å²) in [4.78, 5) is 14.9. The summed E-state index contributed by atoms with van der Waals surface area (Å²) in [7, 11) is 0. The molecule has 1 amide bonds. The van der Waals surface area contributed by atoms with E-state index in [-0.39, 0.29) is 12.2 Å². The maximum atomic E-state index is 12.7. The average Bonchev–Trinajstić information content (AvgIpc) is 3.13. The maximum absolute atomic E-state index is 12.7. The molecule has 3 fully saturated rings. The van der Waals surface area contributed by atoms with Crippen molar-refractivity contribution in [3.8, 4) is 0 Å². The molecule has 1 heterocycles. The first-order valence-corrected chi connectivity index (χ1v) is 8.73. The summed E-state index contributed by atoms with van der Waals surface area (Å²) in [6, 6.07) is 0.503. The van der Waals surface area contributed by atoms with Gasteiger partial charge in [-0.15, -0.1) is 0 Å². The van der Waals surface area contributed by atoms with Gasteiger partial charge in [0.15, 0.2) is 0 Å². The van der Waals surface area contributed by atoms with Crippen LogP contribution in [0.4, 0.5) is 0 Å². The molecule has 114 valence electrons. The lowest BCUT2D eigenvalue weighted by atomic mass is 9.83. The molecule has 0 aromatic heterocycles. The van der Waals surface area contributed by atoms with Gasteiger partial charge >= 0.3 is 0 Å². The number of hydrogen-bond acceptors (Lipinski definition) is 2. The maximum Gasteiger partial charge on any atom is 0.241 e. The first kappa shape index (κ1) is 14.4. The van der Waals surface area contributed by atoms with Gasteiger partial charge in [-0.25, -0.2) is 0 Å². The molecule has 0 radical (unpaired) electrons. The smallest absolute Gasteiger partial charge is 0.241 e. The van der Waals surface area contributed by atoms with Crippen LogP contribution in [0.15, 0.2) is 0 Å². The molecule has 0 aromatic carbocycles. The molecular weight excluding hydrogens is 248 g/mol. The third-order valence-corrected chi connectivity index (χ3v) is 6.10. The third-order valence-electron chi connectivity index (χ3n) is 6.10. The van der Waals surface area contributed by atoms with Gasteiger partial charge in [-0.1, -0.05) is 26.7 Å². The predicted octanol–water partition coefficient (Wildman–Crippen LogP) is 3.15. The highest BCUT2D eigenvalue weighted by Crippen LogP contribution is 2.50. The van der Waals surface area contributed by atoms with Crippen molar-refractivity contribution in [1.82, 2.24) is 10.2 Å². The zero-order valence-electron chi connectivity index (χ0n) is 13.3. The van der Waals surface area contributed by atoms with E-state index in [1.165, 1.54) is 25.7 Å². The monoisotopic (exact) mass is 278 g/mol. The third kappa shape index (κ3) is 2.28. The van der Waals surface area contributed by atoms with Crippen molar-refractivity contribution in [2.24, 2.45) is 17.8 Å². The SMILES string of the molecule is CCCC1NC(CC)N(C(C)C2CC3CCC2C3)C1=O. The molecule has 1 aliphatic heterocycles. The van der Waals surface area contributed by atoms with E-state index in [9.17, 15) is 4.79 Å². The Bertz CT molecular complexity index is 370. The van der Waals surface area contributed by atoms with E-state index in [4.69, 9.17) is 0 Å². The molecule has 1 saturated heterocycles. The van der Waals surface area contributed by atoms with Gasteiger partial charge in [-0.2, -0.15) is 0 Å². The lowest BCUT2D eigenvalue weighted by Crippen LogP contribution is -2.47. The summed E-state index contributed by atoms with van der Waals surface area (Å²) in [6.45, 7) is 6.67. The molecule has 2 saturated carbocycles. The zero-order chi connectivity index (χ0) is 14.3. The second-order valence-corrected chi connectivity index (χ2v) is 7.26. The first-order valence-electron chi connectivity index (χ1n) is 8.73. The number of hydrogen-bond donors (Lipinski definition) is 1. The number of carbonyl (C=O) groups excluding carboxylic acids is 1. The van der Waals surface area contributed by atoms with Gasteiger partial charge in [0.25, 0.3) is 0 Å². The van der Waals surface area contributed by atoms with Crippen LogP contribution in [0.1, 0.15) is 65.7 Å². The first-order chi connectivity index (χ1) is 9.65. The molecule has 20 heavy (non-hydrogen) atoms. The van der Waals surface area contributed by atoms with E-state index in [1.54, 1.807) is 0 Å². The van der Waals surface area contributed by atoms with Crippen molar-refractivity contribution in [1.29, 1.82) is 0 Å². The van der Waals surface area contributed by atoms with Crippen molar-refractivity contribution in [2.75, 3.05) is 0 Å². The van der Waals surface area contributed by atoms with Crippen LogP contribution in [0.25, 0.3) is 0 Å². The molecule has 0 aromatic rings. The van der Waals surface area contributed by atoms with E-state index in [0.717, 1.165) is 37.0 Å². The minimum absolute atomic E-state index is 0.0750. The number of carbonyl (C=O) groups is 1. The number of fused-ring (bicyclic) bond motifs is 2. The van der Waals surface area contributed by atoms with Crippen LogP contribution in [-0.4, -0.2) is 29.1 Å². The molecule has 6 unspecified atom stereocenters. The van der Waals surface area contributed by atoms with Crippen LogP contribution < -0.4 is 5.32 Å². The Morgan fingerprint density at radius 3 is 2.65 bits per heavy atom. The van der Waals surface area contributed by atoms with Crippen molar-refractivity contribution in [3.05, 3.63) is 0 Å². The van der Waals surface area contributed by atoms with Crippen LogP contribution in [0.2, 0.25) is 0 Å². The summed E-state index contributed by atoms with van der Waals surface area (Å²) >= 11 is 0. The normalized spacial score (nSPS) is 41.6. The van der Waals surface area contributed by atoms with Gasteiger partial charge in [0.2, 0.25) is 5.91 Å². The Kier molecular flexibility index (Phi) is 4.07. The molecule has 3 nitrogen and oxygen atoms in total. The lowest BCUT2D eigenvalue weighted by molar-refractivity contribution is -0.133. The Balaban J connectivity index is 1.72. The lowest BCUT2D eigenvalue weighted by Gasteiger charge is -2.37. The molecule has 2 aliphatic carbocycles. The summed E-state index contributed by atoms with van der Waals surface area (Å²) in [5.74, 6) is 2.98. The summed E-state index contributed by atoms with van der Waals surface area (Å²) < 4.78 is 0. The Morgan fingerprint density at radius 1 is 1.30 bits per heavy atom. The van der Waals surface area contributed by atoms with Gasteiger partial charge < -0.3 is 4.90 Å². The fourth-order valence-corrected chi connectivity index (χ4v) is 5.10. The molecular formula is C17H30N2O. The zero-order valence-corrected chi connectivity index (χ0v) is 13.3. The van der Waals surface area contributed by atoms with Gasteiger partial charge in [-0.05, 0) is 56.8 Å². The Hall–Kier alpha value is -0.570. The minimum Gasteiger partial charge on any atom is -0.323 e. The highest BCUT2D eigenvalue weighted by molar-refractivity contribution is 5.84. The van der Waals surface area contributed by atoms with Crippen LogP contribution in [0, 0.1) is 17.8 Å². The van der Waals surface area contributed by atoms with Crippen LogP contribution in [-0.2, 0) is 4.79 Å². The van der Waals surface area contributed by atoms with Gasteiger partial charge in [0.05, 0.1) is 12.2 Å². The topological polar surface area (TPSA) is 32.3 Å². The van der Waals surface area contributed by atoms with E-state index >= 15 is 0 Å². The Morgan fingerprint density at radius 2 is 2.10 bits per heavy atom. The molecule has 0 spiro atoms. The molecule has 3 heteroatoms. The second-order valence-electron chi connectivity index (χ2n) is 7.26. The molecule has 6 atom stereocenters. The molecule has 2 bridgehead atoms. The largest absolute Gasteiger partial charge is 0.323 e. The van der Waals surface area contributed by atoms with Gasteiger partial charge in [-0.3, -0.25) is 10.1 Å². The predicted molar refractivity (Wildman–Crippen MR) is 81.2 cm³/mol. The van der Waals surface area contributed by atoms with Crippen molar-refractivity contribution in [3.63, 3.8) is 0 Å². The van der Waals surface area contributed by atoms with E-state index in [1.807, 2.05) is 0 Å². The molecule has 3 rings (SSSR count). The van der Waals surface area contributed by atoms with Crippen LogP contribution in [0.5, 0.6) is 0 Å². The van der Waals surface area contributed by atoms with E-state index in [0.29, 0.717) is 11.9 Å². The number of amides is 1. The summed E-state index contributed by atoms with van der Waals surface area (Å²) in [5.41, 5.74) is 0. The average molecular weight is 278 g/mol. The molecule has 1 N–H and O–H groups in total. The minimum atomic E-state index is 0.0750. The van der Waals surface area contributed by atoms with Crippen LogP contribution >= 0.6 is 0 Å². The van der Waals surface area contributed by atoms with Gasteiger partial charge in [0, 0.05) is 6.04 Å². The number of rotatable bonds is 5. The van der Waals surface area contributed by atoms with Crippen molar-refractivity contribution < 1.29 is 4.79 Å².